The molecule has 1 atom stereocenters. The molecule has 0 saturated heterocycles. The van der Waals surface area contributed by atoms with Crippen LogP contribution in [0.1, 0.15) is 25.8 Å². The van der Waals surface area contributed by atoms with Gasteiger partial charge in [-0.25, -0.2) is 4.39 Å². The molecule has 0 saturated carbocycles. The summed E-state index contributed by atoms with van der Waals surface area (Å²) in [5, 5.41) is 5.72. The Kier molecular flexibility index (Phi) is 5.10. The van der Waals surface area contributed by atoms with Crippen molar-refractivity contribution in [2.45, 2.75) is 33.2 Å². The van der Waals surface area contributed by atoms with E-state index in [1.807, 2.05) is 13.8 Å². The van der Waals surface area contributed by atoms with E-state index in [1.165, 1.54) is 6.07 Å². The van der Waals surface area contributed by atoms with Gasteiger partial charge >= 0.3 is 0 Å². The van der Waals surface area contributed by atoms with Gasteiger partial charge in [-0.2, -0.15) is 0 Å². The van der Waals surface area contributed by atoms with Crippen LogP contribution in [0, 0.1) is 12.7 Å². The first-order valence-corrected chi connectivity index (χ1v) is 5.82. The number of aryl methyl sites for hydroxylation is 1. The predicted octanol–water partition coefficient (Wildman–Crippen LogP) is 2.46. The zero-order valence-corrected chi connectivity index (χ0v) is 10.5. The Bertz CT molecular complexity index is 393. The normalized spacial score (nSPS) is 12.2. The lowest BCUT2D eigenvalue weighted by atomic mass is 10.2. The molecule has 2 N–H and O–H groups in total. The molecule has 1 rings (SSSR count). The van der Waals surface area contributed by atoms with Crippen LogP contribution in [0.3, 0.4) is 0 Å². The quantitative estimate of drug-likeness (QED) is 0.827. The van der Waals surface area contributed by atoms with Crippen LogP contribution in [0.15, 0.2) is 18.2 Å². The number of benzene rings is 1. The molecule has 3 nitrogen and oxygen atoms in total. The van der Waals surface area contributed by atoms with Crippen LogP contribution in [0.25, 0.3) is 0 Å². The largest absolute Gasteiger partial charge is 0.325 e. The lowest BCUT2D eigenvalue weighted by molar-refractivity contribution is -0.115. The Morgan fingerprint density at radius 1 is 1.47 bits per heavy atom. The number of hydrogen-bond acceptors (Lipinski definition) is 2. The van der Waals surface area contributed by atoms with Gasteiger partial charge in [-0.3, -0.25) is 4.79 Å². The molecule has 0 aliphatic heterocycles. The standard InChI is InChI=1S/C13H19FN2O/c1-4-10(3)15-8-13(17)16-11-6-5-9(2)12(14)7-11/h5-7,10,15H,4,8H2,1-3H3,(H,16,17). The summed E-state index contributed by atoms with van der Waals surface area (Å²) in [4.78, 5) is 11.5. The highest BCUT2D eigenvalue weighted by molar-refractivity contribution is 5.92. The van der Waals surface area contributed by atoms with Gasteiger partial charge in [-0.1, -0.05) is 13.0 Å². The van der Waals surface area contributed by atoms with Gasteiger partial charge in [0.25, 0.3) is 0 Å². The van der Waals surface area contributed by atoms with Crippen LogP contribution in [-0.2, 0) is 4.79 Å². The van der Waals surface area contributed by atoms with E-state index in [9.17, 15) is 9.18 Å². The maximum atomic E-state index is 13.2. The highest BCUT2D eigenvalue weighted by Gasteiger charge is 2.05. The minimum Gasteiger partial charge on any atom is -0.325 e. The Morgan fingerprint density at radius 3 is 2.76 bits per heavy atom. The summed E-state index contributed by atoms with van der Waals surface area (Å²) in [7, 11) is 0. The van der Waals surface area contributed by atoms with Gasteiger partial charge in [0.1, 0.15) is 5.82 Å². The van der Waals surface area contributed by atoms with E-state index < -0.39 is 0 Å². The summed E-state index contributed by atoms with van der Waals surface area (Å²) in [5.74, 6) is -0.466. The zero-order chi connectivity index (χ0) is 12.8. The molecule has 0 bridgehead atoms. The monoisotopic (exact) mass is 238 g/mol. The number of anilines is 1. The third-order valence-corrected chi connectivity index (χ3v) is 2.68. The number of rotatable bonds is 5. The van der Waals surface area contributed by atoms with Crippen molar-refractivity contribution in [2.24, 2.45) is 0 Å². The van der Waals surface area contributed by atoms with E-state index >= 15 is 0 Å². The van der Waals surface area contributed by atoms with E-state index in [0.29, 0.717) is 17.3 Å². The van der Waals surface area contributed by atoms with E-state index in [2.05, 4.69) is 10.6 Å². The molecule has 1 amide bonds. The Labute approximate surface area is 101 Å². The number of halogens is 1. The molecule has 0 fully saturated rings. The molecule has 17 heavy (non-hydrogen) atoms. The molecule has 1 aromatic rings. The fraction of sp³-hybridized carbons (Fsp3) is 0.462. The number of hydrogen-bond donors (Lipinski definition) is 2. The van der Waals surface area contributed by atoms with Gasteiger partial charge in [-0.05, 0) is 38.0 Å². The SMILES string of the molecule is CCC(C)NCC(=O)Nc1ccc(C)c(F)c1. The Hall–Kier alpha value is -1.42. The second-order valence-electron chi connectivity index (χ2n) is 4.20. The number of carbonyl (C=O) groups is 1. The molecule has 0 aliphatic carbocycles. The first kappa shape index (κ1) is 13.6. The predicted molar refractivity (Wildman–Crippen MR) is 67.5 cm³/mol. The van der Waals surface area contributed by atoms with Crippen LogP contribution in [0.5, 0.6) is 0 Å². The summed E-state index contributed by atoms with van der Waals surface area (Å²) >= 11 is 0. The van der Waals surface area contributed by atoms with Crippen molar-refractivity contribution in [3.63, 3.8) is 0 Å². The molecule has 0 spiro atoms. The first-order valence-electron chi connectivity index (χ1n) is 5.82. The maximum absolute atomic E-state index is 13.2. The second kappa shape index (κ2) is 6.35. The molecule has 0 aromatic heterocycles. The summed E-state index contributed by atoms with van der Waals surface area (Å²) < 4.78 is 13.2. The molecular weight excluding hydrogens is 219 g/mol. The van der Waals surface area contributed by atoms with E-state index in [4.69, 9.17) is 0 Å². The average molecular weight is 238 g/mol. The molecule has 1 unspecified atom stereocenters. The molecule has 94 valence electrons. The van der Waals surface area contributed by atoms with E-state index in [-0.39, 0.29) is 18.3 Å². The molecular formula is C13H19FN2O. The van der Waals surface area contributed by atoms with Gasteiger partial charge in [0.05, 0.1) is 6.54 Å². The molecule has 1 aromatic carbocycles. The molecule has 0 radical (unpaired) electrons. The third-order valence-electron chi connectivity index (χ3n) is 2.68. The van der Waals surface area contributed by atoms with Gasteiger partial charge in [0.15, 0.2) is 0 Å². The molecule has 4 heteroatoms. The van der Waals surface area contributed by atoms with Crippen molar-refractivity contribution in [2.75, 3.05) is 11.9 Å². The second-order valence-corrected chi connectivity index (χ2v) is 4.20. The van der Waals surface area contributed by atoms with Crippen LogP contribution in [0.2, 0.25) is 0 Å². The number of nitrogens with one attached hydrogen (secondary N) is 2. The first-order chi connectivity index (χ1) is 8.02. The summed E-state index contributed by atoms with van der Waals surface area (Å²) in [5.41, 5.74) is 1.06. The number of amides is 1. The van der Waals surface area contributed by atoms with Crippen LogP contribution < -0.4 is 10.6 Å². The average Bonchev–Trinajstić information content (AvgIpc) is 2.31. The van der Waals surface area contributed by atoms with Crippen LogP contribution >= 0.6 is 0 Å². The fourth-order valence-corrected chi connectivity index (χ4v) is 1.29. The van der Waals surface area contributed by atoms with Crippen LogP contribution in [-0.4, -0.2) is 18.5 Å². The minimum atomic E-state index is -0.308. The topological polar surface area (TPSA) is 41.1 Å². The van der Waals surface area contributed by atoms with Gasteiger partial charge in [-0.15, -0.1) is 0 Å². The lowest BCUT2D eigenvalue weighted by Crippen LogP contribution is -2.33. The van der Waals surface area contributed by atoms with Crippen molar-refractivity contribution in [3.05, 3.63) is 29.6 Å². The maximum Gasteiger partial charge on any atom is 0.238 e. The highest BCUT2D eigenvalue weighted by atomic mass is 19.1. The summed E-state index contributed by atoms with van der Waals surface area (Å²) in [6.45, 7) is 5.99. The van der Waals surface area contributed by atoms with Crippen molar-refractivity contribution in [3.8, 4) is 0 Å². The van der Waals surface area contributed by atoms with Gasteiger partial charge in [0.2, 0.25) is 5.91 Å². The van der Waals surface area contributed by atoms with Gasteiger partial charge in [0, 0.05) is 11.7 Å². The minimum absolute atomic E-state index is 0.159. The lowest BCUT2D eigenvalue weighted by Gasteiger charge is -2.11. The summed E-state index contributed by atoms with van der Waals surface area (Å²) in [6.07, 6.45) is 0.965. The molecule has 0 aliphatic rings. The zero-order valence-electron chi connectivity index (χ0n) is 10.5. The highest BCUT2D eigenvalue weighted by Crippen LogP contribution is 2.13. The van der Waals surface area contributed by atoms with Crippen molar-refractivity contribution < 1.29 is 9.18 Å². The van der Waals surface area contributed by atoms with Crippen molar-refractivity contribution in [1.82, 2.24) is 5.32 Å². The Morgan fingerprint density at radius 2 is 2.18 bits per heavy atom. The Balaban J connectivity index is 2.48. The summed E-state index contributed by atoms with van der Waals surface area (Å²) in [6, 6.07) is 4.97. The van der Waals surface area contributed by atoms with Gasteiger partial charge < -0.3 is 10.6 Å². The molecule has 0 heterocycles. The number of carbonyl (C=O) groups excluding carboxylic acids is 1. The van der Waals surface area contributed by atoms with E-state index in [0.717, 1.165) is 6.42 Å². The smallest absolute Gasteiger partial charge is 0.238 e. The fourth-order valence-electron chi connectivity index (χ4n) is 1.29. The van der Waals surface area contributed by atoms with Crippen molar-refractivity contribution in [1.29, 1.82) is 0 Å². The van der Waals surface area contributed by atoms with E-state index in [1.54, 1.807) is 19.1 Å². The van der Waals surface area contributed by atoms with Crippen LogP contribution in [0.4, 0.5) is 10.1 Å². The third kappa shape index (κ3) is 4.53. The van der Waals surface area contributed by atoms with Crippen molar-refractivity contribution >= 4 is 11.6 Å².